The van der Waals surface area contributed by atoms with Gasteiger partial charge in [-0.05, 0) is 30.7 Å². The van der Waals surface area contributed by atoms with Gasteiger partial charge < -0.3 is 20.7 Å². The molecule has 5 rings (SSSR count). The van der Waals surface area contributed by atoms with E-state index >= 15 is 0 Å². The van der Waals surface area contributed by atoms with Crippen LogP contribution in [0.2, 0.25) is 0 Å². The molecule has 1 aliphatic heterocycles. The van der Waals surface area contributed by atoms with Gasteiger partial charge in [-0.15, -0.1) is 11.3 Å². The molecule has 9 heteroatoms. The molecule has 2 aromatic carbocycles. The minimum absolute atomic E-state index is 0.0433. The number of pyridine rings is 1. The second-order valence-electron chi connectivity index (χ2n) is 8.29. The first kappa shape index (κ1) is 22.9. The molecule has 1 aliphatic rings. The number of thiophene rings is 1. The maximum absolute atomic E-state index is 13.9. The van der Waals surface area contributed by atoms with Crippen molar-refractivity contribution in [3.8, 4) is 0 Å². The third-order valence-corrected chi connectivity index (χ3v) is 6.81. The zero-order valence-corrected chi connectivity index (χ0v) is 19.7. The highest BCUT2D eigenvalue weighted by Gasteiger charge is 2.30. The smallest absolute Gasteiger partial charge is 0.257 e. The zero-order valence-electron chi connectivity index (χ0n) is 18.9. The number of halogens is 1. The summed E-state index contributed by atoms with van der Waals surface area (Å²) >= 11 is 1.48. The molecule has 178 valence electrons. The fraction of sp³-hybridized carbons (Fsp3) is 0.192. The first-order valence-electron chi connectivity index (χ1n) is 11.1. The number of para-hydroxylation sites is 1. The molecule has 0 saturated carbocycles. The van der Waals surface area contributed by atoms with E-state index in [-0.39, 0.29) is 24.7 Å². The molecular weight excluding hydrogens is 467 g/mol. The molecule has 3 N–H and O–H groups in total. The molecule has 7 nitrogen and oxygen atoms in total. The highest BCUT2D eigenvalue weighted by atomic mass is 32.1. The Morgan fingerprint density at radius 2 is 1.86 bits per heavy atom. The van der Waals surface area contributed by atoms with Crippen molar-refractivity contribution in [3.05, 3.63) is 82.9 Å². The van der Waals surface area contributed by atoms with Crippen molar-refractivity contribution >= 4 is 50.4 Å². The van der Waals surface area contributed by atoms with E-state index in [0.29, 0.717) is 17.1 Å². The van der Waals surface area contributed by atoms with Gasteiger partial charge >= 0.3 is 0 Å². The average Bonchev–Trinajstić information content (AvgIpc) is 3.47. The topological polar surface area (TPSA) is 92.3 Å². The molecule has 0 unspecified atom stereocenters. The van der Waals surface area contributed by atoms with Gasteiger partial charge in [-0.3, -0.25) is 9.59 Å². The van der Waals surface area contributed by atoms with Crippen LogP contribution >= 0.6 is 11.3 Å². The normalized spacial score (nSPS) is 17.3. The fourth-order valence-corrected chi connectivity index (χ4v) is 4.82. The minimum Gasteiger partial charge on any atom is -0.376 e. The van der Waals surface area contributed by atoms with Gasteiger partial charge in [-0.25, -0.2) is 9.37 Å². The molecular formula is C26H23FN4O3S. The lowest BCUT2D eigenvalue weighted by Gasteiger charge is -2.16. The maximum Gasteiger partial charge on any atom is 0.257 e. The Balaban J connectivity index is 1.46. The molecule has 2 aromatic heterocycles. The van der Waals surface area contributed by atoms with Gasteiger partial charge in [0.25, 0.3) is 11.8 Å². The summed E-state index contributed by atoms with van der Waals surface area (Å²) in [5, 5.41) is 11.4. The van der Waals surface area contributed by atoms with E-state index in [0.717, 1.165) is 21.3 Å². The van der Waals surface area contributed by atoms with E-state index in [4.69, 9.17) is 4.74 Å². The summed E-state index contributed by atoms with van der Waals surface area (Å²) in [5.41, 5.74) is 2.88. The van der Waals surface area contributed by atoms with E-state index in [1.807, 2.05) is 55.5 Å². The number of hydrogen-bond donors (Lipinski definition) is 3. The van der Waals surface area contributed by atoms with Crippen molar-refractivity contribution in [2.45, 2.75) is 19.1 Å². The van der Waals surface area contributed by atoms with Crippen LogP contribution in [-0.2, 0) is 4.74 Å². The first-order chi connectivity index (χ1) is 17.0. The number of nitrogens with zero attached hydrogens (tertiary/aromatic N) is 1. The molecule has 35 heavy (non-hydrogen) atoms. The monoisotopic (exact) mass is 490 g/mol. The second-order valence-corrected chi connectivity index (χ2v) is 9.20. The summed E-state index contributed by atoms with van der Waals surface area (Å²) in [6, 6.07) is 16.2. The predicted octanol–water partition coefficient (Wildman–Crippen LogP) is 5.07. The van der Waals surface area contributed by atoms with Crippen molar-refractivity contribution < 1.29 is 18.7 Å². The van der Waals surface area contributed by atoms with E-state index in [9.17, 15) is 14.0 Å². The largest absolute Gasteiger partial charge is 0.376 e. The molecule has 3 heterocycles. The van der Waals surface area contributed by atoms with Gasteiger partial charge in [0, 0.05) is 27.4 Å². The molecule has 4 aromatic rings. The number of aryl methyl sites for hydroxylation is 1. The lowest BCUT2D eigenvalue weighted by atomic mass is 10.1. The van der Waals surface area contributed by atoms with Crippen LogP contribution in [0.5, 0.6) is 0 Å². The summed E-state index contributed by atoms with van der Waals surface area (Å²) in [6.07, 6.45) is 0.134. The van der Waals surface area contributed by atoms with Gasteiger partial charge in [0.1, 0.15) is 6.17 Å². The van der Waals surface area contributed by atoms with Crippen molar-refractivity contribution in [1.29, 1.82) is 0 Å². The molecule has 0 radical (unpaired) electrons. The Kier molecular flexibility index (Phi) is 6.43. The lowest BCUT2D eigenvalue weighted by molar-refractivity contribution is 0.0919. The molecule has 1 saturated heterocycles. The Labute approximate surface area is 205 Å². The van der Waals surface area contributed by atoms with E-state index in [2.05, 4.69) is 20.9 Å². The van der Waals surface area contributed by atoms with Gasteiger partial charge in [0.15, 0.2) is 5.82 Å². The zero-order chi connectivity index (χ0) is 24.4. The second kappa shape index (κ2) is 9.81. The molecule has 1 fully saturated rings. The third-order valence-electron chi connectivity index (χ3n) is 5.85. The van der Waals surface area contributed by atoms with Gasteiger partial charge in [-0.1, -0.05) is 36.4 Å². The molecule has 2 atom stereocenters. The number of anilines is 3. The average molecular weight is 491 g/mol. The number of ether oxygens (including phenoxy) is 1. The van der Waals surface area contributed by atoms with Gasteiger partial charge in [0.2, 0.25) is 0 Å². The highest BCUT2D eigenvalue weighted by Crippen LogP contribution is 2.30. The van der Waals surface area contributed by atoms with Crippen LogP contribution in [0.25, 0.3) is 10.1 Å². The standard InChI is InChI=1S/C26H23FN4O3S/c1-15-6-2-4-8-20(15)29-24-21(30-26(33)18-14-35-23-9-5-3-7-17(18)23)10-16(11-28-24)25(32)31-22-13-34-12-19(22)27/h2-11,14,19,22H,12-13H2,1H3,(H,28,29)(H,30,33)(H,31,32)/t19-,22+/m0/s1. The van der Waals surface area contributed by atoms with Gasteiger partial charge in [0.05, 0.1) is 36.1 Å². The number of fused-ring (bicyclic) bond motifs is 1. The van der Waals surface area contributed by atoms with Crippen molar-refractivity contribution in [2.24, 2.45) is 0 Å². The Bertz CT molecular complexity index is 1410. The summed E-state index contributed by atoms with van der Waals surface area (Å²) in [7, 11) is 0. The van der Waals surface area contributed by atoms with Crippen LogP contribution in [-0.4, -0.2) is 42.2 Å². The number of nitrogens with one attached hydrogen (secondary N) is 3. The summed E-state index contributed by atoms with van der Waals surface area (Å²) < 4.78 is 20.0. The number of carbonyl (C=O) groups excluding carboxylic acids is 2. The quantitative estimate of drug-likeness (QED) is 0.351. The minimum atomic E-state index is -1.26. The fourth-order valence-electron chi connectivity index (χ4n) is 3.88. The van der Waals surface area contributed by atoms with E-state index in [1.54, 1.807) is 11.4 Å². The molecule has 0 aliphatic carbocycles. The summed E-state index contributed by atoms with van der Waals surface area (Å²) in [6.45, 7) is 2.03. The number of alkyl halides is 1. The molecule has 0 spiro atoms. The summed E-state index contributed by atoms with van der Waals surface area (Å²) in [4.78, 5) is 30.5. The number of carbonyl (C=O) groups is 2. The Morgan fingerprint density at radius 3 is 2.66 bits per heavy atom. The van der Waals surface area contributed by atoms with Crippen molar-refractivity contribution in [2.75, 3.05) is 23.8 Å². The number of amides is 2. The number of hydrogen-bond acceptors (Lipinski definition) is 6. The van der Waals surface area contributed by atoms with Crippen LogP contribution in [0.3, 0.4) is 0 Å². The van der Waals surface area contributed by atoms with Crippen LogP contribution < -0.4 is 16.0 Å². The van der Waals surface area contributed by atoms with Crippen molar-refractivity contribution in [1.82, 2.24) is 10.3 Å². The third kappa shape index (κ3) is 4.87. The number of aromatic nitrogens is 1. The molecule has 2 amide bonds. The Morgan fingerprint density at radius 1 is 1.06 bits per heavy atom. The van der Waals surface area contributed by atoms with Crippen LogP contribution in [0.1, 0.15) is 26.3 Å². The van der Waals surface area contributed by atoms with Crippen LogP contribution in [0.15, 0.2) is 66.2 Å². The first-order valence-corrected chi connectivity index (χ1v) is 12.0. The SMILES string of the molecule is Cc1ccccc1Nc1ncc(C(=O)N[C@@H]2COC[C@@H]2F)cc1NC(=O)c1csc2ccccc12. The molecule has 0 bridgehead atoms. The van der Waals surface area contributed by atoms with Crippen molar-refractivity contribution in [3.63, 3.8) is 0 Å². The van der Waals surface area contributed by atoms with Crippen LogP contribution in [0, 0.1) is 6.92 Å². The maximum atomic E-state index is 13.9. The lowest BCUT2D eigenvalue weighted by Crippen LogP contribution is -2.40. The summed E-state index contributed by atoms with van der Waals surface area (Å²) in [5.74, 6) is -0.423. The predicted molar refractivity (Wildman–Crippen MR) is 135 cm³/mol. The van der Waals surface area contributed by atoms with Crippen LogP contribution in [0.4, 0.5) is 21.6 Å². The number of rotatable bonds is 6. The highest BCUT2D eigenvalue weighted by molar-refractivity contribution is 7.17. The van der Waals surface area contributed by atoms with Gasteiger partial charge in [-0.2, -0.15) is 0 Å². The van der Waals surface area contributed by atoms with E-state index < -0.39 is 18.1 Å². The van der Waals surface area contributed by atoms with E-state index in [1.165, 1.54) is 17.5 Å². The Hall–Kier alpha value is -3.82. The number of benzene rings is 2.